The Labute approximate surface area is 58.6 Å². The minimum Gasteiger partial charge on any atom is -0.373 e. The van der Waals surface area contributed by atoms with Crippen LogP contribution in [0.3, 0.4) is 0 Å². The third-order valence-electron chi connectivity index (χ3n) is 1.55. The quantitative estimate of drug-likeness (QED) is 0.434. The molecule has 2 nitrogen and oxygen atoms in total. The van der Waals surface area contributed by atoms with Crippen LogP contribution >= 0.6 is 0 Å². The second-order valence-corrected chi connectivity index (χ2v) is 3.28. The lowest BCUT2D eigenvalue weighted by molar-refractivity contribution is -0.101. The molecule has 0 amide bonds. The fraction of sp³-hybridized carbons (Fsp3) is 1.00. The van der Waals surface area contributed by atoms with Crippen molar-refractivity contribution in [1.29, 1.82) is 0 Å². The maximum absolute atomic E-state index is 5.19. The highest BCUT2D eigenvalue weighted by Crippen LogP contribution is 2.12. The molecule has 9 heavy (non-hydrogen) atoms. The monoisotopic (exact) mass is 146 g/mol. The van der Waals surface area contributed by atoms with Gasteiger partial charge in [0.05, 0.1) is 0 Å². The van der Waals surface area contributed by atoms with Crippen molar-refractivity contribution in [2.75, 3.05) is 0 Å². The molecule has 1 aliphatic heterocycles. The molecule has 1 heterocycles. The Morgan fingerprint density at radius 3 is 2.56 bits per heavy atom. The van der Waals surface area contributed by atoms with Crippen molar-refractivity contribution in [2.24, 2.45) is 0 Å². The van der Waals surface area contributed by atoms with Crippen molar-refractivity contribution in [3.8, 4) is 0 Å². The zero-order valence-corrected chi connectivity index (χ0v) is 7.34. The van der Waals surface area contributed by atoms with Crippen molar-refractivity contribution in [3.05, 3.63) is 0 Å². The van der Waals surface area contributed by atoms with Gasteiger partial charge in [-0.25, -0.2) is 0 Å². The fourth-order valence-electron chi connectivity index (χ4n) is 0.892. The van der Waals surface area contributed by atoms with Gasteiger partial charge < -0.3 is 8.85 Å². The van der Waals surface area contributed by atoms with Gasteiger partial charge in [-0.2, -0.15) is 0 Å². The first-order valence-corrected chi connectivity index (χ1v) is 4.82. The minimum absolute atomic E-state index is 0.197. The van der Waals surface area contributed by atoms with Crippen molar-refractivity contribution < 1.29 is 8.85 Å². The summed E-state index contributed by atoms with van der Waals surface area (Å²) in [6.07, 6.45) is 5.16. The Morgan fingerprint density at radius 1 is 1.33 bits per heavy atom. The van der Waals surface area contributed by atoms with Crippen LogP contribution in [0.25, 0.3) is 0 Å². The zero-order chi connectivity index (χ0) is 6.53. The molecule has 1 rings (SSSR count). The van der Waals surface area contributed by atoms with E-state index in [4.69, 9.17) is 8.85 Å². The van der Waals surface area contributed by atoms with Crippen molar-refractivity contribution in [2.45, 2.75) is 38.9 Å². The zero-order valence-electron chi connectivity index (χ0n) is 5.93. The van der Waals surface area contributed by atoms with Crippen LogP contribution in [0.4, 0.5) is 0 Å². The molecule has 0 spiro atoms. The van der Waals surface area contributed by atoms with Crippen LogP contribution in [0.5, 0.6) is 0 Å². The van der Waals surface area contributed by atoms with Crippen molar-refractivity contribution in [3.63, 3.8) is 0 Å². The molecule has 54 valence electrons. The number of hydrogen-bond acceptors (Lipinski definition) is 2. The molecular formula is C6H14O2Si. The largest absolute Gasteiger partial charge is 0.373 e. The van der Waals surface area contributed by atoms with Crippen LogP contribution in [0.1, 0.15) is 32.6 Å². The van der Waals surface area contributed by atoms with Gasteiger partial charge in [0.1, 0.15) is 6.29 Å². The van der Waals surface area contributed by atoms with E-state index in [0.717, 1.165) is 6.42 Å². The second kappa shape index (κ2) is 4.03. The molecule has 0 radical (unpaired) electrons. The van der Waals surface area contributed by atoms with E-state index >= 15 is 0 Å². The molecular weight excluding hydrogens is 132 g/mol. The molecule has 1 aliphatic rings. The van der Waals surface area contributed by atoms with Gasteiger partial charge in [0.15, 0.2) is 0 Å². The van der Waals surface area contributed by atoms with Gasteiger partial charge in [0, 0.05) is 0 Å². The normalized spacial score (nSPS) is 28.3. The summed E-state index contributed by atoms with van der Waals surface area (Å²) < 4.78 is 10.4. The predicted molar refractivity (Wildman–Crippen MR) is 38.6 cm³/mol. The molecule has 0 aromatic carbocycles. The molecule has 0 aliphatic carbocycles. The van der Waals surface area contributed by atoms with E-state index in [0.29, 0.717) is 0 Å². The summed E-state index contributed by atoms with van der Waals surface area (Å²) in [4.78, 5) is 0. The first-order chi connectivity index (χ1) is 4.43. The van der Waals surface area contributed by atoms with E-state index in [1.807, 2.05) is 0 Å². The van der Waals surface area contributed by atoms with Gasteiger partial charge >= 0.3 is 10.0 Å². The summed E-state index contributed by atoms with van der Waals surface area (Å²) in [5, 5.41) is 0. The predicted octanol–water partition coefficient (Wildman–Crippen LogP) is 0.938. The van der Waals surface area contributed by atoms with Crippen LogP contribution in [0.15, 0.2) is 0 Å². The number of rotatable bonds is 4. The van der Waals surface area contributed by atoms with Crippen molar-refractivity contribution in [1.82, 2.24) is 0 Å². The highest BCUT2D eigenvalue weighted by Gasteiger charge is 2.17. The van der Waals surface area contributed by atoms with Crippen LogP contribution in [0, 0.1) is 0 Å². The summed E-state index contributed by atoms with van der Waals surface area (Å²) >= 11 is 0. The Balaban J connectivity index is 1.80. The van der Waals surface area contributed by atoms with E-state index in [2.05, 4.69) is 6.92 Å². The summed E-state index contributed by atoms with van der Waals surface area (Å²) in [6.45, 7) is 2.21. The first kappa shape index (κ1) is 7.25. The standard InChI is InChI=1S/C6H14O2Si/c1-2-3-4-5-6-7-9-8-6/h6H,2-5,9H2,1H3. The first-order valence-electron chi connectivity index (χ1n) is 3.66. The van der Waals surface area contributed by atoms with Gasteiger partial charge in [-0.05, 0) is 12.8 Å². The highest BCUT2D eigenvalue weighted by molar-refractivity contribution is 6.20. The summed E-state index contributed by atoms with van der Waals surface area (Å²) in [7, 11) is -0.477. The molecule has 0 bridgehead atoms. The topological polar surface area (TPSA) is 18.5 Å². The average molecular weight is 146 g/mol. The highest BCUT2D eigenvalue weighted by atomic mass is 28.3. The molecule has 0 unspecified atom stereocenters. The Kier molecular flexibility index (Phi) is 3.25. The van der Waals surface area contributed by atoms with Gasteiger partial charge in [-0.3, -0.25) is 0 Å². The van der Waals surface area contributed by atoms with Crippen LogP contribution in [-0.4, -0.2) is 16.3 Å². The van der Waals surface area contributed by atoms with Crippen LogP contribution in [0.2, 0.25) is 0 Å². The third-order valence-corrected chi connectivity index (χ3v) is 2.57. The second-order valence-electron chi connectivity index (χ2n) is 2.38. The number of hydrogen-bond donors (Lipinski definition) is 0. The smallest absolute Gasteiger partial charge is 0.308 e. The summed E-state index contributed by atoms with van der Waals surface area (Å²) in [5.74, 6) is 0. The van der Waals surface area contributed by atoms with E-state index in [1.165, 1.54) is 19.3 Å². The molecule has 0 saturated carbocycles. The lowest BCUT2D eigenvalue weighted by atomic mass is 10.2. The molecule has 1 saturated heterocycles. The van der Waals surface area contributed by atoms with Gasteiger partial charge in [-0.15, -0.1) is 0 Å². The van der Waals surface area contributed by atoms with Crippen molar-refractivity contribution >= 4 is 10.0 Å². The minimum atomic E-state index is -0.477. The maximum Gasteiger partial charge on any atom is 0.308 e. The lowest BCUT2D eigenvalue weighted by Crippen LogP contribution is -2.33. The molecule has 0 aromatic rings. The SMILES string of the molecule is CCCCCC1O[SiH2]O1. The summed E-state index contributed by atoms with van der Waals surface area (Å²) in [6, 6.07) is 0. The molecule has 1 fully saturated rings. The van der Waals surface area contributed by atoms with E-state index in [9.17, 15) is 0 Å². The molecule has 0 aromatic heterocycles. The number of unbranched alkanes of at least 4 members (excludes halogenated alkanes) is 2. The Morgan fingerprint density at radius 2 is 2.11 bits per heavy atom. The van der Waals surface area contributed by atoms with E-state index in [1.54, 1.807) is 0 Å². The average Bonchev–Trinajstić information content (AvgIpc) is 1.76. The molecule has 3 heteroatoms. The van der Waals surface area contributed by atoms with Gasteiger partial charge in [0.2, 0.25) is 0 Å². The molecule has 0 N–H and O–H groups in total. The van der Waals surface area contributed by atoms with E-state index in [-0.39, 0.29) is 6.29 Å². The third kappa shape index (κ3) is 2.47. The molecule has 0 atom stereocenters. The fourth-order valence-corrected chi connectivity index (χ4v) is 1.55. The van der Waals surface area contributed by atoms with Crippen LogP contribution in [-0.2, 0) is 8.85 Å². The Hall–Kier alpha value is 0.137. The summed E-state index contributed by atoms with van der Waals surface area (Å²) in [5.41, 5.74) is 0. The maximum atomic E-state index is 5.19. The van der Waals surface area contributed by atoms with E-state index < -0.39 is 10.0 Å². The van der Waals surface area contributed by atoms with Gasteiger partial charge in [-0.1, -0.05) is 19.8 Å². The lowest BCUT2D eigenvalue weighted by Gasteiger charge is -2.26. The van der Waals surface area contributed by atoms with Gasteiger partial charge in [0.25, 0.3) is 0 Å². The van der Waals surface area contributed by atoms with Crippen LogP contribution < -0.4 is 0 Å². The Bertz CT molecular complexity index is 73.5.